The number of hydrogen-bond donors (Lipinski definition) is 1. The molecule has 20 heavy (non-hydrogen) atoms. The summed E-state index contributed by atoms with van der Waals surface area (Å²) in [6.07, 6.45) is 4.08. The summed E-state index contributed by atoms with van der Waals surface area (Å²) in [5, 5.41) is 3.66. The molecule has 0 aromatic heterocycles. The lowest BCUT2D eigenvalue weighted by Crippen LogP contribution is -2.28. The molecule has 1 aromatic carbocycles. The maximum Gasteiger partial charge on any atom is 0.00226 e. The Kier molecular flexibility index (Phi) is 6.55. The molecule has 2 heteroatoms. The first-order chi connectivity index (χ1) is 9.77. The topological polar surface area (TPSA) is 15.3 Å². The minimum absolute atomic E-state index is 0.628. The van der Waals surface area contributed by atoms with E-state index in [2.05, 4.69) is 54.4 Å². The fraction of sp³-hybridized carbons (Fsp3) is 0.667. The highest BCUT2D eigenvalue weighted by atomic mass is 15.1. The predicted molar refractivity (Wildman–Crippen MR) is 87.2 cm³/mol. The molecule has 2 nitrogen and oxygen atoms in total. The van der Waals surface area contributed by atoms with E-state index in [4.69, 9.17) is 0 Å². The summed E-state index contributed by atoms with van der Waals surface area (Å²) in [6, 6.07) is 10.9. The maximum atomic E-state index is 3.66. The van der Waals surface area contributed by atoms with Crippen LogP contribution in [0.15, 0.2) is 30.3 Å². The summed E-state index contributed by atoms with van der Waals surface area (Å²) in [7, 11) is 0. The van der Waals surface area contributed by atoms with Crippen molar-refractivity contribution < 1.29 is 0 Å². The number of benzene rings is 1. The van der Waals surface area contributed by atoms with E-state index in [1.54, 1.807) is 0 Å². The zero-order chi connectivity index (χ0) is 14.2. The first-order valence-electron chi connectivity index (χ1n) is 8.25. The van der Waals surface area contributed by atoms with Crippen LogP contribution in [-0.4, -0.2) is 37.6 Å². The van der Waals surface area contributed by atoms with Gasteiger partial charge in [-0.25, -0.2) is 0 Å². The molecule has 1 atom stereocenters. The van der Waals surface area contributed by atoms with Crippen molar-refractivity contribution in [2.75, 3.05) is 32.7 Å². The van der Waals surface area contributed by atoms with Crippen LogP contribution in [0.1, 0.15) is 44.6 Å². The predicted octanol–water partition coefficient (Wildman–Crippen LogP) is 3.50. The van der Waals surface area contributed by atoms with Crippen molar-refractivity contribution in [1.82, 2.24) is 10.2 Å². The van der Waals surface area contributed by atoms with Crippen LogP contribution < -0.4 is 5.32 Å². The van der Waals surface area contributed by atoms with Gasteiger partial charge in [0.05, 0.1) is 0 Å². The second-order valence-electron chi connectivity index (χ2n) is 6.37. The average Bonchev–Trinajstić information content (AvgIpc) is 2.96. The second kappa shape index (κ2) is 8.43. The smallest absolute Gasteiger partial charge is 0.00226 e. The molecule has 0 spiro atoms. The average molecular weight is 274 g/mol. The summed E-state index contributed by atoms with van der Waals surface area (Å²) in [4.78, 5) is 2.60. The Morgan fingerprint density at radius 2 is 1.80 bits per heavy atom. The van der Waals surface area contributed by atoms with Gasteiger partial charge in [-0.2, -0.15) is 0 Å². The van der Waals surface area contributed by atoms with Crippen molar-refractivity contribution in [3.63, 3.8) is 0 Å². The molecule has 1 unspecified atom stereocenters. The molecule has 1 saturated heterocycles. The third kappa shape index (κ3) is 4.92. The van der Waals surface area contributed by atoms with Gasteiger partial charge in [0.15, 0.2) is 0 Å². The van der Waals surface area contributed by atoms with Gasteiger partial charge in [-0.05, 0) is 62.8 Å². The number of rotatable bonds is 8. The van der Waals surface area contributed by atoms with Crippen molar-refractivity contribution >= 4 is 0 Å². The van der Waals surface area contributed by atoms with Crippen molar-refractivity contribution in [1.29, 1.82) is 0 Å². The van der Waals surface area contributed by atoms with E-state index in [1.165, 1.54) is 44.5 Å². The molecule has 2 rings (SSSR count). The van der Waals surface area contributed by atoms with E-state index in [1.807, 2.05) is 0 Å². The van der Waals surface area contributed by atoms with Crippen molar-refractivity contribution in [3.8, 4) is 0 Å². The fourth-order valence-electron chi connectivity index (χ4n) is 3.13. The van der Waals surface area contributed by atoms with Gasteiger partial charge in [-0.3, -0.25) is 0 Å². The van der Waals surface area contributed by atoms with E-state index in [0.717, 1.165) is 13.1 Å². The van der Waals surface area contributed by atoms with Gasteiger partial charge in [0.25, 0.3) is 0 Å². The molecule has 0 radical (unpaired) electrons. The van der Waals surface area contributed by atoms with Gasteiger partial charge in [0.2, 0.25) is 0 Å². The molecular formula is C18H30N2. The molecule has 1 aliphatic heterocycles. The van der Waals surface area contributed by atoms with Crippen LogP contribution in [0.5, 0.6) is 0 Å². The molecular weight excluding hydrogens is 244 g/mol. The van der Waals surface area contributed by atoms with Crippen molar-refractivity contribution in [2.24, 2.45) is 5.92 Å². The highest BCUT2D eigenvalue weighted by Gasteiger charge is 2.15. The van der Waals surface area contributed by atoms with Crippen LogP contribution >= 0.6 is 0 Å². The summed E-state index contributed by atoms with van der Waals surface area (Å²) in [5.41, 5.74) is 1.47. The molecule has 1 aliphatic rings. The zero-order valence-electron chi connectivity index (χ0n) is 13.1. The number of nitrogens with zero attached hydrogens (tertiary/aromatic N) is 1. The number of nitrogens with one attached hydrogen (secondary N) is 1. The first kappa shape index (κ1) is 15.5. The largest absolute Gasteiger partial charge is 0.316 e. The Morgan fingerprint density at radius 1 is 1.10 bits per heavy atom. The molecule has 0 bridgehead atoms. The molecule has 112 valence electrons. The summed E-state index contributed by atoms with van der Waals surface area (Å²) >= 11 is 0. The lowest BCUT2D eigenvalue weighted by Gasteiger charge is -2.22. The van der Waals surface area contributed by atoms with Crippen LogP contribution in [0.25, 0.3) is 0 Å². The molecule has 1 N–H and O–H groups in total. The van der Waals surface area contributed by atoms with Crippen LogP contribution in [0.4, 0.5) is 0 Å². The third-order valence-electron chi connectivity index (χ3n) is 4.42. The van der Waals surface area contributed by atoms with Crippen LogP contribution in [-0.2, 0) is 0 Å². The Hall–Kier alpha value is -0.860. The van der Waals surface area contributed by atoms with Crippen LogP contribution in [0.3, 0.4) is 0 Å². The van der Waals surface area contributed by atoms with Gasteiger partial charge < -0.3 is 10.2 Å². The quantitative estimate of drug-likeness (QED) is 0.730. The SMILES string of the molecule is CC(C)C(CNCCCN1CCCC1)c1ccccc1. The minimum atomic E-state index is 0.628. The molecule has 1 heterocycles. The third-order valence-corrected chi connectivity index (χ3v) is 4.42. The first-order valence-corrected chi connectivity index (χ1v) is 8.25. The van der Waals surface area contributed by atoms with E-state index in [0.29, 0.717) is 11.8 Å². The van der Waals surface area contributed by atoms with Gasteiger partial charge in [-0.1, -0.05) is 44.2 Å². The highest BCUT2D eigenvalue weighted by molar-refractivity contribution is 5.20. The van der Waals surface area contributed by atoms with Gasteiger partial charge >= 0.3 is 0 Å². The normalized spacial score (nSPS) is 17.8. The monoisotopic (exact) mass is 274 g/mol. The van der Waals surface area contributed by atoms with Crippen molar-refractivity contribution in [2.45, 2.75) is 39.0 Å². The van der Waals surface area contributed by atoms with Crippen molar-refractivity contribution in [3.05, 3.63) is 35.9 Å². The molecule has 0 saturated carbocycles. The fourth-order valence-corrected chi connectivity index (χ4v) is 3.13. The lowest BCUT2D eigenvalue weighted by atomic mass is 9.88. The maximum absolute atomic E-state index is 3.66. The zero-order valence-corrected chi connectivity index (χ0v) is 13.1. The van der Waals surface area contributed by atoms with E-state index >= 15 is 0 Å². The van der Waals surface area contributed by atoms with E-state index in [-0.39, 0.29) is 0 Å². The van der Waals surface area contributed by atoms with Crippen LogP contribution in [0, 0.1) is 5.92 Å². The Balaban J connectivity index is 1.67. The number of hydrogen-bond acceptors (Lipinski definition) is 2. The second-order valence-corrected chi connectivity index (χ2v) is 6.37. The van der Waals surface area contributed by atoms with Gasteiger partial charge in [0, 0.05) is 6.54 Å². The summed E-state index contributed by atoms with van der Waals surface area (Å²) in [5.74, 6) is 1.31. The summed E-state index contributed by atoms with van der Waals surface area (Å²) in [6.45, 7) is 10.8. The van der Waals surface area contributed by atoms with E-state index < -0.39 is 0 Å². The lowest BCUT2D eigenvalue weighted by molar-refractivity contribution is 0.329. The number of likely N-dealkylation sites (tertiary alicyclic amines) is 1. The standard InChI is InChI=1S/C18H30N2/c1-16(2)18(17-9-4-3-5-10-17)15-19-11-8-14-20-12-6-7-13-20/h3-5,9-10,16,18-19H,6-8,11-15H2,1-2H3. The molecule has 1 aromatic rings. The van der Waals surface area contributed by atoms with Crippen LogP contribution in [0.2, 0.25) is 0 Å². The molecule has 0 aliphatic carbocycles. The van der Waals surface area contributed by atoms with E-state index in [9.17, 15) is 0 Å². The minimum Gasteiger partial charge on any atom is -0.316 e. The Labute approximate surface area is 124 Å². The summed E-state index contributed by atoms with van der Waals surface area (Å²) < 4.78 is 0. The molecule has 1 fully saturated rings. The molecule has 0 amide bonds. The Bertz CT molecular complexity index is 355. The highest BCUT2D eigenvalue weighted by Crippen LogP contribution is 2.23. The van der Waals surface area contributed by atoms with Gasteiger partial charge in [-0.15, -0.1) is 0 Å². The van der Waals surface area contributed by atoms with Gasteiger partial charge in [0.1, 0.15) is 0 Å². The Morgan fingerprint density at radius 3 is 2.45 bits per heavy atom.